The van der Waals surface area contributed by atoms with Crippen LogP contribution in [0.3, 0.4) is 0 Å². The van der Waals surface area contributed by atoms with Gasteiger partial charge in [0.2, 0.25) is 5.91 Å². The minimum absolute atomic E-state index is 0.00530. The lowest BCUT2D eigenvalue weighted by atomic mass is 10.0. The second-order valence-electron chi connectivity index (χ2n) is 12.1. The van der Waals surface area contributed by atoms with Crippen LogP contribution in [0.2, 0.25) is 0 Å². The third kappa shape index (κ3) is 10.2. The number of ether oxygens (including phenoxy) is 1. The molecule has 0 saturated heterocycles. The number of methoxy groups -OCH3 is 1. The summed E-state index contributed by atoms with van der Waals surface area (Å²) in [7, 11) is 1.25. The van der Waals surface area contributed by atoms with E-state index >= 15 is 0 Å². The monoisotopic (exact) mass is 702 g/mol. The highest BCUT2D eigenvalue weighted by atomic mass is 19.4. The van der Waals surface area contributed by atoms with Crippen molar-refractivity contribution in [2.24, 2.45) is 4.99 Å². The Morgan fingerprint density at radius 2 is 1.65 bits per heavy atom. The number of carboxylic acid groups (broad SMARTS) is 1. The Morgan fingerprint density at radius 1 is 0.961 bits per heavy atom. The third-order valence-electron chi connectivity index (χ3n) is 8.21. The molecule has 4 aromatic carbocycles. The molecule has 0 aromatic heterocycles. The molecule has 10 nitrogen and oxygen atoms in total. The predicted molar refractivity (Wildman–Crippen MR) is 184 cm³/mol. The van der Waals surface area contributed by atoms with Gasteiger partial charge in [-0.05, 0) is 79.3 Å². The summed E-state index contributed by atoms with van der Waals surface area (Å²) in [5.41, 5.74) is 6.03. The molecule has 0 radical (unpaired) electrons. The van der Waals surface area contributed by atoms with Crippen LogP contribution >= 0.6 is 0 Å². The van der Waals surface area contributed by atoms with Gasteiger partial charge in [0, 0.05) is 23.4 Å². The summed E-state index contributed by atoms with van der Waals surface area (Å²) in [6.45, 7) is 1.50. The van der Waals surface area contributed by atoms with E-state index in [1.165, 1.54) is 59.5 Å². The van der Waals surface area contributed by atoms with Gasteiger partial charge in [-0.1, -0.05) is 60.2 Å². The van der Waals surface area contributed by atoms with Crippen molar-refractivity contribution >= 4 is 29.3 Å². The van der Waals surface area contributed by atoms with Crippen LogP contribution in [0.1, 0.15) is 56.6 Å². The minimum Gasteiger partial charge on any atom is -0.497 e. The quantitative estimate of drug-likeness (QED) is 0.136. The molecule has 0 saturated carbocycles. The highest BCUT2D eigenvalue weighted by molar-refractivity contribution is 5.99. The Balaban J connectivity index is 1.17. The van der Waals surface area contributed by atoms with E-state index in [-0.39, 0.29) is 35.3 Å². The number of carbonyl (C=O) groups excluding carboxylic acids is 2. The van der Waals surface area contributed by atoms with E-state index in [0.717, 1.165) is 30.9 Å². The number of nitrogens with zero attached hydrogens (tertiary/aromatic N) is 2. The van der Waals surface area contributed by atoms with Crippen LogP contribution in [0, 0.1) is 6.92 Å². The van der Waals surface area contributed by atoms with E-state index in [2.05, 4.69) is 47.0 Å². The van der Waals surface area contributed by atoms with Gasteiger partial charge in [0.25, 0.3) is 5.91 Å². The van der Waals surface area contributed by atoms with Gasteiger partial charge < -0.3 is 20.1 Å². The van der Waals surface area contributed by atoms with Crippen LogP contribution in [0.4, 0.5) is 18.9 Å². The van der Waals surface area contributed by atoms with Gasteiger partial charge in [0.05, 0.1) is 19.1 Å². The lowest BCUT2D eigenvalue weighted by molar-refractivity contribution is -0.139. The molecule has 1 aliphatic rings. The SMILES string of the molecule is COc1ccc(CC(=O)Nc2ccc(C(=O)N(CC(=O)O)Cc3ccc(C4=NC(CCCc5ccc(C)cc5)ON4)cc3)cc2)c(C(F)(F)F)c1. The summed E-state index contributed by atoms with van der Waals surface area (Å²) in [4.78, 5) is 49.1. The normalized spacial score (nSPS) is 14.0. The zero-order valence-electron chi connectivity index (χ0n) is 28.0. The first-order chi connectivity index (χ1) is 24.4. The molecule has 51 heavy (non-hydrogen) atoms. The lowest BCUT2D eigenvalue weighted by Gasteiger charge is -2.21. The van der Waals surface area contributed by atoms with Crippen molar-refractivity contribution in [1.82, 2.24) is 10.4 Å². The summed E-state index contributed by atoms with van der Waals surface area (Å²) in [5, 5.41) is 12.0. The number of halogens is 3. The first-order valence-electron chi connectivity index (χ1n) is 16.2. The number of rotatable bonds is 14. The van der Waals surface area contributed by atoms with Crippen molar-refractivity contribution < 1.29 is 42.2 Å². The number of nitrogens with one attached hydrogen (secondary N) is 2. The van der Waals surface area contributed by atoms with Crippen molar-refractivity contribution in [2.45, 2.75) is 51.6 Å². The number of carbonyl (C=O) groups is 3. The molecule has 0 aliphatic carbocycles. The molecule has 0 spiro atoms. The van der Waals surface area contributed by atoms with E-state index in [0.29, 0.717) is 11.4 Å². The molecular formula is C38H37F3N4O6. The Bertz CT molecular complexity index is 1880. The van der Waals surface area contributed by atoms with E-state index in [9.17, 15) is 32.7 Å². The highest BCUT2D eigenvalue weighted by Crippen LogP contribution is 2.35. The van der Waals surface area contributed by atoms with Gasteiger partial charge in [-0.3, -0.25) is 14.4 Å². The fourth-order valence-corrected chi connectivity index (χ4v) is 5.52. The number of aliphatic imine (C=N–C) groups is 1. The van der Waals surface area contributed by atoms with Crippen LogP contribution in [0.5, 0.6) is 5.75 Å². The maximum absolute atomic E-state index is 13.6. The average Bonchev–Trinajstić information content (AvgIpc) is 3.57. The van der Waals surface area contributed by atoms with Crippen LogP contribution in [0.25, 0.3) is 0 Å². The van der Waals surface area contributed by atoms with Crippen LogP contribution in [0.15, 0.2) is 96.0 Å². The first kappa shape index (κ1) is 36.6. The smallest absolute Gasteiger partial charge is 0.416 e. The number of carboxylic acids is 1. The molecule has 1 atom stereocenters. The number of anilines is 1. The number of amides is 2. The number of aliphatic carboxylic acids is 1. The molecule has 1 heterocycles. The minimum atomic E-state index is -4.68. The third-order valence-corrected chi connectivity index (χ3v) is 8.21. The van der Waals surface area contributed by atoms with Gasteiger partial charge in [0.1, 0.15) is 12.3 Å². The van der Waals surface area contributed by atoms with Crippen molar-refractivity contribution in [2.75, 3.05) is 19.0 Å². The Kier molecular flexibility index (Phi) is 11.7. The zero-order chi connectivity index (χ0) is 36.5. The van der Waals surface area contributed by atoms with Crippen molar-refractivity contribution in [3.63, 3.8) is 0 Å². The number of hydrogen-bond acceptors (Lipinski definition) is 7. The topological polar surface area (TPSA) is 130 Å². The van der Waals surface area contributed by atoms with Gasteiger partial charge in [-0.2, -0.15) is 13.2 Å². The molecule has 5 rings (SSSR count). The molecule has 266 valence electrons. The molecule has 1 unspecified atom stereocenters. The predicted octanol–water partition coefficient (Wildman–Crippen LogP) is 6.56. The number of amidine groups is 1. The molecule has 0 fully saturated rings. The Morgan fingerprint density at radius 3 is 2.29 bits per heavy atom. The Labute approximate surface area is 292 Å². The molecule has 4 aromatic rings. The molecule has 3 N–H and O–H groups in total. The van der Waals surface area contributed by atoms with Crippen molar-refractivity contribution in [1.29, 1.82) is 0 Å². The van der Waals surface area contributed by atoms with Crippen molar-refractivity contribution in [3.05, 3.63) is 130 Å². The maximum Gasteiger partial charge on any atom is 0.416 e. The molecule has 0 bridgehead atoms. The van der Waals surface area contributed by atoms with Gasteiger partial charge in [0.15, 0.2) is 12.1 Å². The summed E-state index contributed by atoms with van der Waals surface area (Å²) in [6.07, 6.45) is -2.97. The van der Waals surface area contributed by atoms with E-state index in [1.54, 1.807) is 12.1 Å². The summed E-state index contributed by atoms with van der Waals surface area (Å²) >= 11 is 0. The zero-order valence-corrected chi connectivity index (χ0v) is 28.0. The lowest BCUT2D eigenvalue weighted by Crippen LogP contribution is -2.35. The fraction of sp³-hybridized carbons (Fsp3) is 0.263. The average molecular weight is 703 g/mol. The fourth-order valence-electron chi connectivity index (χ4n) is 5.52. The second kappa shape index (κ2) is 16.3. The van der Waals surface area contributed by atoms with E-state index in [4.69, 9.17) is 9.57 Å². The van der Waals surface area contributed by atoms with Crippen LogP contribution < -0.4 is 15.5 Å². The molecular weight excluding hydrogens is 665 g/mol. The second-order valence-corrected chi connectivity index (χ2v) is 12.1. The van der Waals surface area contributed by atoms with Crippen molar-refractivity contribution in [3.8, 4) is 5.75 Å². The van der Waals surface area contributed by atoms with Crippen LogP contribution in [-0.2, 0) is 40.0 Å². The summed E-state index contributed by atoms with van der Waals surface area (Å²) in [6, 6.07) is 24.6. The number of alkyl halides is 3. The summed E-state index contributed by atoms with van der Waals surface area (Å²) in [5.74, 6) is -1.86. The Hall–Kier alpha value is -5.69. The first-order valence-corrected chi connectivity index (χ1v) is 16.2. The highest BCUT2D eigenvalue weighted by Gasteiger charge is 2.34. The standard InChI is InChI=1S/C38H37F3N4O6/c1-24-6-8-25(9-7-24)4-3-5-34-43-36(44-51-34)27-12-10-26(11-13-27)22-45(23-35(47)48)37(49)28-14-17-30(18-15-28)42-33(46)20-29-16-19-31(50-2)21-32(29)38(39,40)41/h6-19,21,34H,3-5,20,22-23H2,1-2H3,(H,42,46)(H,43,44)(H,47,48). The van der Waals surface area contributed by atoms with Crippen LogP contribution in [-0.4, -0.2) is 53.5 Å². The van der Waals surface area contributed by atoms with Gasteiger partial charge in [-0.25, -0.2) is 15.3 Å². The van der Waals surface area contributed by atoms with E-state index in [1.807, 2.05) is 12.1 Å². The number of aryl methyl sites for hydroxylation is 2. The maximum atomic E-state index is 13.6. The number of hydroxylamine groups is 1. The van der Waals surface area contributed by atoms with Gasteiger partial charge >= 0.3 is 12.1 Å². The molecule has 2 amide bonds. The summed E-state index contributed by atoms with van der Waals surface area (Å²) < 4.78 is 45.5. The number of benzene rings is 4. The number of hydrogen-bond donors (Lipinski definition) is 3. The molecule has 13 heteroatoms. The van der Waals surface area contributed by atoms with E-state index < -0.39 is 42.5 Å². The largest absolute Gasteiger partial charge is 0.497 e. The molecule has 1 aliphatic heterocycles. The van der Waals surface area contributed by atoms with Gasteiger partial charge in [-0.15, -0.1) is 0 Å².